The first-order valence-electron chi connectivity index (χ1n) is 9.98. The molecule has 0 unspecified atom stereocenters. The zero-order chi connectivity index (χ0) is 20.9. The van der Waals surface area contributed by atoms with E-state index in [1.54, 1.807) is 18.5 Å². The summed E-state index contributed by atoms with van der Waals surface area (Å²) in [6.45, 7) is 0.244. The van der Waals surface area contributed by atoms with Crippen LogP contribution in [0.4, 0.5) is 0 Å². The number of benzene rings is 2. The van der Waals surface area contributed by atoms with Gasteiger partial charge in [-0.15, -0.1) is 0 Å². The predicted molar refractivity (Wildman–Crippen MR) is 113 cm³/mol. The molecule has 4 rings (SSSR count). The monoisotopic (exact) mass is 401 g/mol. The van der Waals surface area contributed by atoms with Crippen LogP contribution in [-0.4, -0.2) is 30.6 Å². The number of pyridine rings is 1. The molecule has 0 N–H and O–H groups in total. The lowest BCUT2D eigenvalue weighted by molar-refractivity contribution is -0.153. The van der Waals surface area contributed by atoms with Crippen molar-refractivity contribution in [1.29, 1.82) is 0 Å². The van der Waals surface area contributed by atoms with Crippen molar-refractivity contribution < 1.29 is 19.1 Å². The van der Waals surface area contributed by atoms with E-state index in [4.69, 9.17) is 9.47 Å². The highest BCUT2D eigenvalue weighted by atomic mass is 16.5. The Morgan fingerprint density at radius 2 is 1.63 bits per heavy atom. The molecule has 0 fully saturated rings. The molecular weight excluding hydrogens is 378 g/mol. The van der Waals surface area contributed by atoms with E-state index < -0.39 is 17.9 Å². The topological polar surface area (TPSA) is 65.5 Å². The Labute approximate surface area is 175 Å². The maximum atomic E-state index is 12.6. The number of hydrogen-bond donors (Lipinski definition) is 0. The first kappa shape index (κ1) is 19.8. The average Bonchev–Trinajstić information content (AvgIpc) is 3.11. The van der Waals surface area contributed by atoms with Crippen LogP contribution in [0.15, 0.2) is 73.1 Å². The summed E-state index contributed by atoms with van der Waals surface area (Å²) in [4.78, 5) is 28.9. The zero-order valence-corrected chi connectivity index (χ0v) is 16.8. The van der Waals surface area contributed by atoms with Gasteiger partial charge in [-0.05, 0) is 40.3 Å². The number of carbonyl (C=O) groups is 2. The van der Waals surface area contributed by atoms with Gasteiger partial charge in [0.15, 0.2) is 0 Å². The Balaban J connectivity index is 1.44. The molecule has 0 spiro atoms. The number of nitrogens with zero attached hydrogens (tertiary/aromatic N) is 1. The van der Waals surface area contributed by atoms with Crippen molar-refractivity contribution in [3.05, 3.63) is 89.7 Å². The largest absolute Gasteiger partial charge is 0.469 e. The summed E-state index contributed by atoms with van der Waals surface area (Å²) in [7, 11) is 1.33. The predicted octanol–water partition coefficient (Wildman–Crippen LogP) is 4.16. The Kier molecular flexibility index (Phi) is 5.89. The van der Waals surface area contributed by atoms with E-state index in [0.29, 0.717) is 6.42 Å². The molecule has 1 atom stereocenters. The second-order valence-electron chi connectivity index (χ2n) is 7.40. The molecule has 0 amide bonds. The van der Waals surface area contributed by atoms with Gasteiger partial charge in [-0.2, -0.15) is 0 Å². The lowest BCUT2D eigenvalue weighted by atomic mass is 9.96. The molecule has 5 heteroatoms. The van der Waals surface area contributed by atoms with E-state index in [9.17, 15) is 9.59 Å². The molecule has 1 heterocycles. The molecule has 0 saturated heterocycles. The van der Waals surface area contributed by atoms with Gasteiger partial charge in [0.1, 0.15) is 6.61 Å². The SMILES string of the molecule is COC(=O)[C@H](CC(=O)OCC1c2ccccc2-c2ccccc21)Cc1cccnc1. The minimum atomic E-state index is -0.602. The Morgan fingerprint density at radius 1 is 0.967 bits per heavy atom. The summed E-state index contributed by atoms with van der Waals surface area (Å²) < 4.78 is 10.5. The maximum absolute atomic E-state index is 12.6. The minimum absolute atomic E-state index is 0.00347. The van der Waals surface area contributed by atoms with E-state index in [-0.39, 0.29) is 18.9 Å². The molecule has 0 aliphatic heterocycles. The van der Waals surface area contributed by atoms with Crippen LogP contribution in [0, 0.1) is 5.92 Å². The Bertz CT molecular complexity index is 1000. The minimum Gasteiger partial charge on any atom is -0.469 e. The molecule has 0 saturated carbocycles. The molecule has 1 aliphatic rings. The van der Waals surface area contributed by atoms with Crippen molar-refractivity contribution in [2.45, 2.75) is 18.8 Å². The van der Waals surface area contributed by atoms with E-state index in [1.165, 1.54) is 18.2 Å². The van der Waals surface area contributed by atoms with Gasteiger partial charge in [-0.1, -0.05) is 54.6 Å². The van der Waals surface area contributed by atoms with Crippen LogP contribution in [0.25, 0.3) is 11.1 Å². The molecule has 152 valence electrons. The highest BCUT2D eigenvalue weighted by Gasteiger charge is 2.30. The van der Waals surface area contributed by atoms with Gasteiger partial charge >= 0.3 is 11.9 Å². The Hall–Kier alpha value is -3.47. The van der Waals surface area contributed by atoms with Crippen molar-refractivity contribution in [3.8, 4) is 11.1 Å². The second-order valence-corrected chi connectivity index (χ2v) is 7.40. The molecular formula is C25H23NO4. The molecule has 5 nitrogen and oxygen atoms in total. The van der Waals surface area contributed by atoms with Crippen LogP contribution in [0.5, 0.6) is 0 Å². The van der Waals surface area contributed by atoms with Gasteiger partial charge in [0.2, 0.25) is 0 Å². The molecule has 3 aromatic rings. The normalized spacial score (nSPS) is 13.2. The standard InChI is InChI=1S/C25H23NO4/c1-29-25(28)18(13-17-7-6-12-26-15-17)14-24(27)30-16-23-21-10-4-2-8-19(21)20-9-3-5-11-22(20)23/h2-12,15,18,23H,13-14,16H2,1H3/t18-/m0/s1. The number of rotatable bonds is 7. The summed E-state index contributed by atoms with van der Waals surface area (Å²) in [5.41, 5.74) is 5.55. The van der Waals surface area contributed by atoms with Crippen LogP contribution in [0.3, 0.4) is 0 Å². The van der Waals surface area contributed by atoms with Crippen LogP contribution in [-0.2, 0) is 25.5 Å². The van der Waals surface area contributed by atoms with E-state index >= 15 is 0 Å². The fourth-order valence-electron chi connectivity index (χ4n) is 4.08. The number of fused-ring (bicyclic) bond motifs is 3. The van der Waals surface area contributed by atoms with Gasteiger partial charge < -0.3 is 9.47 Å². The number of hydrogen-bond acceptors (Lipinski definition) is 5. The van der Waals surface area contributed by atoms with Gasteiger partial charge in [0, 0.05) is 18.3 Å². The molecule has 30 heavy (non-hydrogen) atoms. The smallest absolute Gasteiger partial charge is 0.309 e. The number of carbonyl (C=O) groups excluding carboxylic acids is 2. The number of ether oxygens (including phenoxy) is 2. The lowest BCUT2D eigenvalue weighted by Gasteiger charge is -2.17. The van der Waals surface area contributed by atoms with Gasteiger partial charge in [-0.3, -0.25) is 14.6 Å². The van der Waals surface area contributed by atoms with Crippen molar-refractivity contribution >= 4 is 11.9 Å². The van der Waals surface area contributed by atoms with Crippen LogP contribution in [0.1, 0.15) is 29.0 Å². The van der Waals surface area contributed by atoms with Gasteiger partial charge in [0.05, 0.1) is 19.4 Å². The molecule has 0 bridgehead atoms. The third kappa shape index (κ3) is 4.10. The van der Waals surface area contributed by atoms with Crippen molar-refractivity contribution in [1.82, 2.24) is 4.98 Å². The third-order valence-corrected chi connectivity index (χ3v) is 5.53. The highest BCUT2D eigenvalue weighted by molar-refractivity contribution is 5.81. The molecule has 2 aromatic carbocycles. The summed E-state index contributed by atoms with van der Waals surface area (Å²) in [5.74, 6) is -1.44. The third-order valence-electron chi connectivity index (χ3n) is 5.53. The summed E-state index contributed by atoms with van der Waals surface area (Å²) in [6.07, 6.45) is 3.71. The maximum Gasteiger partial charge on any atom is 0.309 e. The van der Waals surface area contributed by atoms with Gasteiger partial charge in [-0.25, -0.2) is 0 Å². The van der Waals surface area contributed by atoms with E-state index in [0.717, 1.165) is 16.7 Å². The summed E-state index contributed by atoms with van der Waals surface area (Å²) in [6, 6.07) is 20.1. The molecule has 1 aliphatic carbocycles. The van der Waals surface area contributed by atoms with E-state index in [2.05, 4.69) is 29.2 Å². The first-order chi connectivity index (χ1) is 14.7. The van der Waals surface area contributed by atoms with Crippen molar-refractivity contribution in [2.75, 3.05) is 13.7 Å². The first-order valence-corrected chi connectivity index (χ1v) is 9.98. The zero-order valence-electron chi connectivity index (χ0n) is 16.8. The molecule has 0 radical (unpaired) electrons. The number of aromatic nitrogens is 1. The highest BCUT2D eigenvalue weighted by Crippen LogP contribution is 2.44. The summed E-state index contributed by atoms with van der Waals surface area (Å²) in [5, 5.41) is 0. The quantitative estimate of drug-likeness (QED) is 0.556. The fraction of sp³-hybridized carbons (Fsp3) is 0.240. The van der Waals surface area contributed by atoms with Crippen LogP contribution >= 0.6 is 0 Å². The van der Waals surface area contributed by atoms with E-state index in [1.807, 2.05) is 30.3 Å². The van der Waals surface area contributed by atoms with Crippen LogP contribution < -0.4 is 0 Å². The summed E-state index contributed by atoms with van der Waals surface area (Å²) >= 11 is 0. The van der Waals surface area contributed by atoms with Crippen molar-refractivity contribution in [3.63, 3.8) is 0 Å². The van der Waals surface area contributed by atoms with Gasteiger partial charge in [0.25, 0.3) is 0 Å². The lowest BCUT2D eigenvalue weighted by Crippen LogP contribution is -2.24. The number of esters is 2. The fourth-order valence-corrected chi connectivity index (χ4v) is 4.08. The van der Waals surface area contributed by atoms with Crippen molar-refractivity contribution in [2.24, 2.45) is 5.92 Å². The Morgan fingerprint density at radius 3 is 2.23 bits per heavy atom. The number of methoxy groups -OCH3 is 1. The van der Waals surface area contributed by atoms with Crippen LogP contribution in [0.2, 0.25) is 0 Å². The molecule has 1 aromatic heterocycles. The second kappa shape index (κ2) is 8.91. The average molecular weight is 401 g/mol.